The first kappa shape index (κ1) is 8.47. The average molecular weight is 162 g/mol. The largest absolute Gasteiger partial charge is 0.198 e. The summed E-state index contributed by atoms with van der Waals surface area (Å²) < 4.78 is 0. The highest BCUT2D eigenvalue weighted by Gasteiger charge is 1.98. The Morgan fingerprint density at radius 3 is 2.83 bits per heavy atom. The molecule has 12 heavy (non-hydrogen) atoms. The van der Waals surface area contributed by atoms with E-state index >= 15 is 0 Å². The van der Waals surface area contributed by atoms with Crippen LogP contribution in [0.2, 0.25) is 0 Å². The van der Waals surface area contributed by atoms with Crippen molar-refractivity contribution in [3.8, 4) is 6.07 Å². The molecular formula is C8H10N4. The van der Waals surface area contributed by atoms with Crippen LogP contribution in [-0.4, -0.2) is 15.4 Å². The van der Waals surface area contributed by atoms with Crippen LogP contribution < -0.4 is 0 Å². The fourth-order valence-corrected chi connectivity index (χ4v) is 0.728. The van der Waals surface area contributed by atoms with Crippen LogP contribution in [-0.2, 0) is 0 Å². The van der Waals surface area contributed by atoms with Crippen LogP contribution >= 0.6 is 0 Å². The second-order valence-electron chi connectivity index (χ2n) is 2.57. The van der Waals surface area contributed by atoms with Gasteiger partial charge in [0, 0.05) is 0 Å². The topological polar surface area (TPSA) is 65.4 Å². The van der Waals surface area contributed by atoms with Gasteiger partial charge < -0.3 is 0 Å². The summed E-state index contributed by atoms with van der Waals surface area (Å²) in [6.07, 6.45) is 3.59. The van der Waals surface area contributed by atoms with Gasteiger partial charge in [-0.2, -0.15) is 20.7 Å². The molecule has 0 aromatic carbocycles. The summed E-state index contributed by atoms with van der Waals surface area (Å²) in [5, 5.41) is 18.7. The van der Waals surface area contributed by atoms with Gasteiger partial charge in [-0.1, -0.05) is 6.08 Å². The van der Waals surface area contributed by atoms with Crippen molar-refractivity contribution in [3.05, 3.63) is 17.5 Å². The molecule has 0 saturated carbocycles. The number of hydrogen-bond donors (Lipinski definition) is 1. The summed E-state index contributed by atoms with van der Waals surface area (Å²) in [7, 11) is 0. The molecule has 0 aliphatic rings. The lowest BCUT2D eigenvalue weighted by molar-refractivity contribution is 0.925. The number of aromatic amines is 1. The molecule has 0 spiro atoms. The molecule has 4 heteroatoms. The van der Waals surface area contributed by atoms with Gasteiger partial charge >= 0.3 is 0 Å². The monoisotopic (exact) mass is 162 g/mol. The number of aryl methyl sites for hydroxylation is 1. The summed E-state index contributed by atoms with van der Waals surface area (Å²) in [5.74, 6) is -0.0823. The molecule has 62 valence electrons. The fraction of sp³-hybridized carbons (Fsp3) is 0.375. The van der Waals surface area contributed by atoms with E-state index in [4.69, 9.17) is 5.26 Å². The maximum atomic E-state index is 8.49. The van der Waals surface area contributed by atoms with E-state index in [1.165, 1.54) is 0 Å². The van der Waals surface area contributed by atoms with Crippen LogP contribution in [0.15, 0.2) is 6.08 Å². The van der Waals surface area contributed by atoms with Crippen LogP contribution in [0, 0.1) is 24.2 Å². The minimum Gasteiger partial charge on any atom is -0.198 e. The van der Waals surface area contributed by atoms with Crippen molar-refractivity contribution < 1.29 is 0 Å². The third kappa shape index (κ3) is 1.92. The van der Waals surface area contributed by atoms with E-state index in [0.717, 1.165) is 11.4 Å². The Hall–Kier alpha value is -1.63. The highest BCUT2D eigenvalue weighted by atomic mass is 15.3. The first-order valence-electron chi connectivity index (χ1n) is 3.69. The average Bonchev–Trinajstić information content (AvgIpc) is 2.47. The third-order valence-corrected chi connectivity index (χ3v) is 1.51. The number of allylic oxidation sites excluding steroid dienone is 1. The van der Waals surface area contributed by atoms with Crippen molar-refractivity contribution in [1.82, 2.24) is 15.4 Å². The van der Waals surface area contributed by atoms with Crippen LogP contribution in [0.5, 0.6) is 0 Å². The van der Waals surface area contributed by atoms with Crippen LogP contribution in [0.25, 0.3) is 6.08 Å². The molecule has 1 unspecified atom stereocenters. The summed E-state index contributed by atoms with van der Waals surface area (Å²) >= 11 is 0. The van der Waals surface area contributed by atoms with Gasteiger partial charge in [0.25, 0.3) is 0 Å². The number of aromatic nitrogens is 3. The van der Waals surface area contributed by atoms with Gasteiger partial charge in [-0.05, 0) is 19.9 Å². The molecule has 1 heterocycles. The normalized spacial score (nSPS) is 13.1. The second kappa shape index (κ2) is 3.67. The zero-order valence-corrected chi connectivity index (χ0v) is 7.07. The van der Waals surface area contributed by atoms with E-state index in [1.807, 2.05) is 13.8 Å². The lowest BCUT2D eigenvalue weighted by atomic mass is 10.2. The summed E-state index contributed by atoms with van der Waals surface area (Å²) in [5.41, 5.74) is 1.63. The first-order chi connectivity index (χ1) is 5.74. The Kier molecular flexibility index (Phi) is 2.59. The smallest absolute Gasteiger partial charge is 0.108 e. The quantitative estimate of drug-likeness (QED) is 0.712. The number of hydrogen-bond acceptors (Lipinski definition) is 3. The Morgan fingerprint density at radius 1 is 1.58 bits per heavy atom. The van der Waals surface area contributed by atoms with Crippen molar-refractivity contribution in [2.45, 2.75) is 13.8 Å². The molecule has 0 aliphatic heterocycles. The van der Waals surface area contributed by atoms with Gasteiger partial charge in [0.05, 0.1) is 17.7 Å². The molecule has 1 atom stereocenters. The van der Waals surface area contributed by atoms with Crippen LogP contribution in [0.1, 0.15) is 18.3 Å². The maximum absolute atomic E-state index is 8.49. The minimum atomic E-state index is -0.0823. The molecule has 0 amide bonds. The summed E-state index contributed by atoms with van der Waals surface area (Å²) in [4.78, 5) is 0. The number of rotatable bonds is 2. The maximum Gasteiger partial charge on any atom is 0.108 e. The molecule has 1 rings (SSSR count). The molecule has 0 radical (unpaired) electrons. The molecule has 1 aromatic rings. The Bertz CT molecular complexity index is 318. The summed E-state index contributed by atoms with van der Waals surface area (Å²) in [6, 6.07) is 2.10. The number of nitrogens with zero attached hydrogens (tertiary/aromatic N) is 3. The number of nitrogens with one attached hydrogen (secondary N) is 1. The van der Waals surface area contributed by atoms with E-state index in [1.54, 1.807) is 12.2 Å². The Balaban J connectivity index is 2.71. The first-order valence-corrected chi connectivity index (χ1v) is 3.69. The van der Waals surface area contributed by atoms with E-state index in [2.05, 4.69) is 21.5 Å². The standard InChI is InChI=1S/C8H10N4/c1-6(5-9)3-4-8-7(2)10-12-11-8/h3-4,6H,1-2H3,(H,10,11,12)/b4-3-. The van der Waals surface area contributed by atoms with Gasteiger partial charge in [-0.15, -0.1) is 0 Å². The van der Waals surface area contributed by atoms with E-state index in [-0.39, 0.29) is 5.92 Å². The van der Waals surface area contributed by atoms with Crippen molar-refractivity contribution in [1.29, 1.82) is 5.26 Å². The van der Waals surface area contributed by atoms with Crippen molar-refractivity contribution >= 4 is 6.08 Å². The molecule has 0 fully saturated rings. The molecule has 4 nitrogen and oxygen atoms in total. The molecule has 1 aromatic heterocycles. The number of nitriles is 1. The van der Waals surface area contributed by atoms with Crippen LogP contribution in [0.4, 0.5) is 0 Å². The number of H-pyrrole nitrogens is 1. The molecule has 0 bridgehead atoms. The van der Waals surface area contributed by atoms with Gasteiger partial charge in [-0.25, -0.2) is 0 Å². The molecular weight excluding hydrogens is 152 g/mol. The SMILES string of the molecule is Cc1n[nH]nc1/C=C\C(C)C#N. The van der Waals surface area contributed by atoms with Gasteiger partial charge in [0.2, 0.25) is 0 Å². The van der Waals surface area contributed by atoms with Crippen molar-refractivity contribution in [2.75, 3.05) is 0 Å². The van der Waals surface area contributed by atoms with Gasteiger partial charge in [0.15, 0.2) is 0 Å². The summed E-state index contributed by atoms with van der Waals surface area (Å²) in [6.45, 7) is 3.69. The lowest BCUT2D eigenvalue weighted by Crippen LogP contribution is -1.82. The van der Waals surface area contributed by atoms with Crippen molar-refractivity contribution in [2.24, 2.45) is 5.92 Å². The molecule has 0 saturated heterocycles. The van der Waals surface area contributed by atoms with E-state index < -0.39 is 0 Å². The van der Waals surface area contributed by atoms with Gasteiger partial charge in [0.1, 0.15) is 5.69 Å². The van der Waals surface area contributed by atoms with Gasteiger partial charge in [-0.3, -0.25) is 0 Å². The lowest BCUT2D eigenvalue weighted by Gasteiger charge is -1.88. The van der Waals surface area contributed by atoms with Crippen LogP contribution in [0.3, 0.4) is 0 Å². The van der Waals surface area contributed by atoms with E-state index in [9.17, 15) is 0 Å². The molecule has 1 N–H and O–H groups in total. The second-order valence-corrected chi connectivity index (χ2v) is 2.57. The van der Waals surface area contributed by atoms with Crippen molar-refractivity contribution in [3.63, 3.8) is 0 Å². The predicted molar refractivity (Wildman–Crippen MR) is 44.9 cm³/mol. The zero-order chi connectivity index (χ0) is 8.97. The highest BCUT2D eigenvalue weighted by molar-refractivity contribution is 5.46. The highest BCUT2D eigenvalue weighted by Crippen LogP contribution is 2.04. The molecule has 0 aliphatic carbocycles. The predicted octanol–water partition coefficient (Wildman–Crippen LogP) is 1.29. The third-order valence-electron chi connectivity index (χ3n) is 1.51. The Labute approximate surface area is 70.9 Å². The minimum absolute atomic E-state index is 0.0823. The fourth-order valence-electron chi connectivity index (χ4n) is 0.728. The zero-order valence-electron chi connectivity index (χ0n) is 7.07. The van der Waals surface area contributed by atoms with E-state index in [0.29, 0.717) is 0 Å². The Morgan fingerprint density at radius 2 is 2.33 bits per heavy atom.